The van der Waals surface area contributed by atoms with Crippen molar-refractivity contribution >= 4 is 17.5 Å². The Bertz CT molecular complexity index is 851. The number of carbonyl (C=O) groups excluding carboxylic acids is 1. The minimum Gasteiger partial charge on any atom is -0.484 e. The molecule has 0 spiro atoms. The van der Waals surface area contributed by atoms with Crippen molar-refractivity contribution in [1.29, 1.82) is 0 Å². The van der Waals surface area contributed by atoms with Crippen molar-refractivity contribution in [2.45, 2.75) is 12.7 Å². The van der Waals surface area contributed by atoms with Gasteiger partial charge in [0.1, 0.15) is 11.6 Å². The molecule has 156 valence electrons. The van der Waals surface area contributed by atoms with Gasteiger partial charge in [0.05, 0.1) is 10.6 Å². The van der Waals surface area contributed by atoms with Gasteiger partial charge in [-0.2, -0.15) is 13.2 Å². The second kappa shape index (κ2) is 9.00. The molecule has 0 aliphatic carbocycles. The third-order valence-electron chi connectivity index (χ3n) is 4.55. The van der Waals surface area contributed by atoms with E-state index in [1.54, 1.807) is 17.0 Å². The highest BCUT2D eigenvalue weighted by Gasteiger charge is 2.28. The van der Waals surface area contributed by atoms with Gasteiger partial charge < -0.3 is 9.64 Å². The predicted octanol–water partition coefficient (Wildman–Crippen LogP) is 4.38. The molecule has 0 unspecified atom stereocenters. The van der Waals surface area contributed by atoms with Crippen molar-refractivity contribution in [1.82, 2.24) is 9.80 Å². The number of piperazine rings is 1. The number of hydrogen-bond donors (Lipinski definition) is 0. The van der Waals surface area contributed by atoms with Crippen LogP contribution in [0.1, 0.15) is 15.9 Å². The van der Waals surface area contributed by atoms with Crippen LogP contribution in [0, 0.1) is 5.82 Å². The Kier molecular flexibility index (Phi) is 6.64. The van der Waals surface area contributed by atoms with Gasteiger partial charge in [-0.15, -0.1) is 0 Å². The number of halogens is 5. The number of carbonyl (C=O) groups is 1. The van der Waals surface area contributed by atoms with Crippen molar-refractivity contribution in [2.75, 3.05) is 32.8 Å². The second-order valence-electron chi connectivity index (χ2n) is 6.74. The summed E-state index contributed by atoms with van der Waals surface area (Å²) < 4.78 is 54.4. The van der Waals surface area contributed by atoms with Crippen molar-refractivity contribution in [3.05, 3.63) is 64.4 Å². The van der Waals surface area contributed by atoms with Gasteiger partial charge in [0.15, 0.2) is 6.61 Å². The lowest BCUT2D eigenvalue weighted by molar-refractivity contribution is -0.153. The van der Waals surface area contributed by atoms with Crippen LogP contribution in [0.15, 0.2) is 42.5 Å². The maximum atomic E-state index is 13.2. The van der Waals surface area contributed by atoms with Crippen LogP contribution in [0.5, 0.6) is 5.75 Å². The normalized spacial score (nSPS) is 15.4. The van der Waals surface area contributed by atoms with E-state index in [0.717, 1.165) is 11.6 Å². The third-order valence-corrected chi connectivity index (χ3v) is 4.87. The molecular weight excluding hydrogens is 412 g/mol. The second-order valence-corrected chi connectivity index (χ2v) is 7.15. The van der Waals surface area contributed by atoms with E-state index >= 15 is 0 Å². The minimum atomic E-state index is -4.37. The zero-order valence-corrected chi connectivity index (χ0v) is 16.1. The lowest BCUT2D eigenvalue weighted by Crippen LogP contribution is -2.48. The lowest BCUT2D eigenvalue weighted by Gasteiger charge is -2.35. The third kappa shape index (κ3) is 6.08. The zero-order valence-electron chi connectivity index (χ0n) is 15.4. The molecule has 1 heterocycles. The molecule has 1 amide bonds. The summed E-state index contributed by atoms with van der Waals surface area (Å²) >= 11 is 5.97. The van der Waals surface area contributed by atoms with Gasteiger partial charge in [-0.25, -0.2) is 4.39 Å². The summed E-state index contributed by atoms with van der Waals surface area (Å²) in [7, 11) is 0. The maximum Gasteiger partial charge on any atom is 0.422 e. The van der Waals surface area contributed by atoms with E-state index in [2.05, 4.69) is 4.90 Å². The number of rotatable bonds is 5. The molecule has 3 rings (SSSR count). The maximum absolute atomic E-state index is 13.2. The molecule has 0 radical (unpaired) electrons. The number of benzene rings is 2. The van der Waals surface area contributed by atoms with Gasteiger partial charge >= 0.3 is 6.18 Å². The number of ether oxygens (including phenoxy) is 1. The molecule has 1 aliphatic heterocycles. The quantitative estimate of drug-likeness (QED) is 0.660. The molecule has 0 N–H and O–H groups in total. The minimum absolute atomic E-state index is 0.0882. The topological polar surface area (TPSA) is 32.8 Å². The Morgan fingerprint density at radius 3 is 2.28 bits per heavy atom. The van der Waals surface area contributed by atoms with Crippen molar-refractivity contribution in [2.24, 2.45) is 0 Å². The summed E-state index contributed by atoms with van der Waals surface area (Å²) in [5.41, 5.74) is 1.21. The number of hydrogen-bond acceptors (Lipinski definition) is 3. The van der Waals surface area contributed by atoms with E-state index in [1.807, 2.05) is 0 Å². The summed E-state index contributed by atoms with van der Waals surface area (Å²) in [6.45, 7) is 1.56. The van der Waals surface area contributed by atoms with Gasteiger partial charge in [-0.3, -0.25) is 9.69 Å². The Morgan fingerprint density at radius 1 is 1.03 bits per heavy atom. The summed E-state index contributed by atoms with van der Waals surface area (Å²) in [4.78, 5) is 16.4. The van der Waals surface area contributed by atoms with E-state index in [0.29, 0.717) is 32.7 Å². The van der Waals surface area contributed by atoms with Crippen LogP contribution >= 0.6 is 11.6 Å². The van der Waals surface area contributed by atoms with Gasteiger partial charge in [0.2, 0.25) is 0 Å². The smallest absolute Gasteiger partial charge is 0.422 e. The Morgan fingerprint density at radius 2 is 1.69 bits per heavy atom. The van der Waals surface area contributed by atoms with E-state index in [4.69, 9.17) is 16.3 Å². The van der Waals surface area contributed by atoms with E-state index in [-0.39, 0.29) is 22.2 Å². The highest BCUT2D eigenvalue weighted by molar-refractivity contribution is 6.33. The molecule has 0 atom stereocenters. The first kappa shape index (κ1) is 21.4. The zero-order chi connectivity index (χ0) is 21.0. The SMILES string of the molecule is O=C(c1ccc(F)cc1Cl)N1CCN(Cc2ccc(OCC(F)(F)F)cc2)CC1. The Hall–Kier alpha value is -2.32. The van der Waals surface area contributed by atoms with Gasteiger partial charge in [-0.1, -0.05) is 23.7 Å². The number of amides is 1. The van der Waals surface area contributed by atoms with E-state index in [1.165, 1.54) is 24.3 Å². The molecule has 1 fully saturated rings. The van der Waals surface area contributed by atoms with Crippen LogP contribution in [-0.2, 0) is 6.54 Å². The average molecular weight is 431 g/mol. The highest BCUT2D eigenvalue weighted by Crippen LogP contribution is 2.21. The highest BCUT2D eigenvalue weighted by atomic mass is 35.5. The molecule has 29 heavy (non-hydrogen) atoms. The first-order valence-corrected chi connectivity index (χ1v) is 9.34. The molecule has 1 saturated heterocycles. The fourth-order valence-electron chi connectivity index (χ4n) is 3.06. The molecule has 4 nitrogen and oxygen atoms in total. The molecule has 2 aromatic rings. The van der Waals surface area contributed by atoms with Crippen LogP contribution in [0.4, 0.5) is 17.6 Å². The predicted molar refractivity (Wildman–Crippen MR) is 101 cm³/mol. The first-order valence-electron chi connectivity index (χ1n) is 8.96. The summed E-state index contributed by atoms with van der Waals surface area (Å²) in [5.74, 6) is -0.565. The van der Waals surface area contributed by atoms with E-state index < -0.39 is 18.6 Å². The van der Waals surface area contributed by atoms with E-state index in [9.17, 15) is 22.4 Å². The van der Waals surface area contributed by atoms with Crippen LogP contribution in [-0.4, -0.2) is 54.7 Å². The molecule has 0 saturated carbocycles. The van der Waals surface area contributed by atoms with Crippen LogP contribution < -0.4 is 4.74 Å². The molecule has 1 aliphatic rings. The van der Waals surface area contributed by atoms with Gasteiger partial charge in [0, 0.05) is 32.7 Å². The lowest BCUT2D eigenvalue weighted by atomic mass is 10.1. The van der Waals surface area contributed by atoms with Crippen molar-refractivity contribution in [3.63, 3.8) is 0 Å². The fourth-order valence-corrected chi connectivity index (χ4v) is 3.30. The number of nitrogens with zero attached hydrogens (tertiary/aromatic N) is 2. The standard InChI is InChI=1S/C20H19ClF4N2O2/c21-18-11-15(22)3-6-17(18)19(28)27-9-7-26(8-10-27)12-14-1-4-16(5-2-14)29-13-20(23,24)25/h1-6,11H,7-10,12-13H2. The van der Waals surface area contributed by atoms with Crippen LogP contribution in [0.3, 0.4) is 0 Å². The largest absolute Gasteiger partial charge is 0.484 e. The van der Waals surface area contributed by atoms with Crippen molar-refractivity contribution < 1.29 is 27.1 Å². The molecule has 9 heteroatoms. The van der Waals surface area contributed by atoms with Crippen LogP contribution in [0.25, 0.3) is 0 Å². The van der Waals surface area contributed by atoms with Gasteiger partial charge in [-0.05, 0) is 35.9 Å². The average Bonchev–Trinajstić information content (AvgIpc) is 2.67. The van der Waals surface area contributed by atoms with Gasteiger partial charge in [0.25, 0.3) is 5.91 Å². The molecule has 0 bridgehead atoms. The molecular formula is C20H19ClF4N2O2. The monoisotopic (exact) mass is 430 g/mol. The molecule has 2 aromatic carbocycles. The summed E-state index contributed by atoms with van der Waals surface area (Å²) in [5, 5.41) is 0.0882. The first-order chi connectivity index (χ1) is 13.7. The van der Waals surface area contributed by atoms with Crippen LogP contribution in [0.2, 0.25) is 5.02 Å². The number of alkyl halides is 3. The fraction of sp³-hybridized carbons (Fsp3) is 0.350. The summed E-state index contributed by atoms with van der Waals surface area (Å²) in [6, 6.07) is 10.2. The molecule has 0 aromatic heterocycles. The summed E-state index contributed by atoms with van der Waals surface area (Å²) in [6.07, 6.45) is -4.37. The Balaban J connectivity index is 1.50. The van der Waals surface area contributed by atoms with Crippen molar-refractivity contribution in [3.8, 4) is 5.75 Å². The Labute approximate surface area is 170 Å².